The minimum Gasteiger partial charge on any atom is -0.373 e. The first kappa shape index (κ1) is 11.9. The Morgan fingerprint density at radius 1 is 1.12 bits per heavy atom. The normalized spacial score (nSPS) is 24.7. The topological polar surface area (TPSA) is 36.3 Å². The molecule has 2 rings (SSSR count). The third kappa shape index (κ3) is 2.57. The highest BCUT2D eigenvalue weighted by molar-refractivity contribution is 5.84. The molecule has 0 aromatic rings. The van der Waals surface area contributed by atoms with Gasteiger partial charge in [0.15, 0.2) is 0 Å². The molecule has 1 aliphatic carbocycles. The predicted octanol–water partition coefficient (Wildman–Crippen LogP) is 2.65. The molecular formula is C13H24N2O. The summed E-state index contributed by atoms with van der Waals surface area (Å²) in [6.45, 7) is 2.12. The van der Waals surface area contributed by atoms with E-state index < -0.39 is 0 Å². The summed E-state index contributed by atoms with van der Waals surface area (Å²) < 4.78 is 5.60. The van der Waals surface area contributed by atoms with Crippen molar-refractivity contribution in [2.75, 3.05) is 20.2 Å². The highest BCUT2D eigenvalue weighted by atomic mass is 16.5. The average molecular weight is 224 g/mol. The van der Waals surface area contributed by atoms with E-state index in [9.17, 15) is 0 Å². The highest BCUT2D eigenvalue weighted by Crippen LogP contribution is 2.29. The number of hydrogen-bond donors (Lipinski definition) is 1. The number of hydrogen-bond acceptors (Lipinski definition) is 2. The Morgan fingerprint density at radius 3 is 2.31 bits per heavy atom. The summed E-state index contributed by atoms with van der Waals surface area (Å²) in [5, 5.41) is 8.28. The van der Waals surface area contributed by atoms with Gasteiger partial charge in [-0.3, -0.25) is 5.41 Å². The molecule has 0 spiro atoms. The summed E-state index contributed by atoms with van der Waals surface area (Å²) >= 11 is 0. The summed E-state index contributed by atoms with van der Waals surface area (Å²) in [7, 11) is 1.77. The van der Waals surface area contributed by atoms with Crippen LogP contribution in [0.5, 0.6) is 0 Å². The molecule has 2 fully saturated rings. The SMILES string of the molecule is COC(C(=N)N1CCCC1)C1CCCCC1. The first-order valence-corrected chi connectivity index (χ1v) is 6.69. The lowest BCUT2D eigenvalue weighted by atomic mass is 9.84. The van der Waals surface area contributed by atoms with E-state index in [0.717, 1.165) is 18.9 Å². The summed E-state index contributed by atoms with van der Waals surface area (Å²) in [6.07, 6.45) is 9.02. The van der Waals surface area contributed by atoms with E-state index in [2.05, 4.69) is 4.90 Å². The van der Waals surface area contributed by atoms with Crippen LogP contribution >= 0.6 is 0 Å². The van der Waals surface area contributed by atoms with Crippen LogP contribution in [-0.2, 0) is 4.74 Å². The summed E-state index contributed by atoms with van der Waals surface area (Å²) in [4.78, 5) is 2.21. The van der Waals surface area contributed by atoms with Gasteiger partial charge in [-0.25, -0.2) is 0 Å². The van der Waals surface area contributed by atoms with Crippen LogP contribution in [0.15, 0.2) is 0 Å². The Labute approximate surface area is 98.7 Å². The molecule has 1 saturated carbocycles. The quantitative estimate of drug-likeness (QED) is 0.591. The molecule has 2 aliphatic rings. The first-order valence-electron chi connectivity index (χ1n) is 6.69. The van der Waals surface area contributed by atoms with Crippen molar-refractivity contribution in [1.29, 1.82) is 5.41 Å². The first-order chi connectivity index (χ1) is 7.83. The molecule has 0 aromatic carbocycles. The van der Waals surface area contributed by atoms with Crippen LogP contribution in [0.25, 0.3) is 0 Å². The van der Waals surface area contributed by atoms with Crippen molar-refractivity contribution in [3.63, 3.8) is 0 Å². The Hall–Kier alpha value is -0.570. The maximum Gasteiger partial charge on any atom is 0.126 e. The van der Waals surface area contributed by atoms with Gasteiger partial charge in [0, 0.05) is 20.2 Å². The number of nitrogens with zero attached hydrogens (tertiary/aromatic N) is 1. The zero-order valence-electron chi connectivity index (χ0n) is 10.4. The fourth-order valence-corrected chi connectivity index (χ4v) is 3.10. The minimum atomic E-state index is 0.0541. The molecule has 0 radical (unpaired) electrons. The van der Waals surface area contributed by atoms with Crippen LogP contribution < -0.4 is 0 Å². The fraction of sp³-hybridized carbons (Fsp3) is 0.923. The average Bonchev–Trinajstić information content (AvgIpc) is 2.85. The van der Waals surface area contributed by atoms with E-state index in [1.807, 2.05) is 0 Å². The number of methoxy groups -OCH3 is 1. The summed E-state index contributed by atoms with van der Waals surface area (Å²) in [5.74, 6) is 1.33. The van der Waals surface area contributed by atoms with Gasteiger partial charge in [-0.1, -0.05) is 19.3 Å². The van der Waals surface area contributed by atoms with Crippen molar-refractivity contribution >= 4 is 5.84 Å². The molecule has 92 valence electrons. The Bertz CT molecular complexity index is 230. The van der Waals surface area contributed by atoms with Crippen LogP contribution in [0.3, 0.4) is 0 Å². The highest BCUT2D eigenvalue weighted by Gasteiger charge is 2.30. The van der Waals surface area contributed by atoms with E-state index in [4.69, 9.17) is 10.1 Å². The third-order valence-corrected chi connectivity index (χ3v) is 4.05. The smallest absolute Gasteiger partial charge is 0.126 e. The number of ether oxygens (including phenoxy) is 1. The zero-order chi connectivity index (χ0) is 11.4. The van der Waals surface area contributed by atoms with Crippen LogP contribution in [0.2, 0.25) is 0 Å². The molecule has 3 nitrogen and oxygen atoms in total. The van der Waals surface area contributed by atoms with Crippen molar-refractivity contribution in [2.45, 2.75) is 51.0 Å². The lowest BCUT2D eigenvalue weighted by molar-refractivity contribution is 0.0765. The molecule has 3 heteroatoms. The van der Waals surface area contributed by atoms with Gasteiger partial charge in [-0.05, 0) is 31.6 Å². The Balaban J connectivity index is 1.94. The summed E-state index contributed by atoms with van der Waals surface area (Å²) in [6, 6.07) is 0. The van der Waals surface area contributed by atoms with Gasteiger partial charge >= 0.3 is 0 Å². The van der Waals surface area contributed by atoms with Crippen molar-refractivity contribution in [3.8, 4) is 0 Å². The van der Waals surface area contributed by atoms with Crippen molar-refractivity contribution in [1.82, 2.24) is 4.90 Å². The van der Waals surface area contributed by atoms with Gasteiger partial charge in [-0.2, -0.15) is 0 Å². The molecule has 1 heterocycles. The second-order valence-electron chi connectivity index (χ2n) is 5.13. The number of nitrogens with one attached hydrogen (secondary N) is 1. The number of amidine groups is 1. The number of rotatable bonds is 3. The van der Waals surface area contributed by atoms with Crippen molar-refractivity contribution in [3.05, 3.63) is 0 Å². The summed E-state index contributed by atoms with van der Waals surface area (Å²) in [5.41, 5.74) is 0. The lowest BCUT2D eigenvalue weighted by Gasteiger charge is -2.33. The molecule has 1 aliphatic heterocycles. The van der Waals surface area contributed by atoms with Gasteiger partial charge in [0.2, 0.25) is 0 Å². The second-order valence-corrected chi connectivity index (χ2v) is 5.13. The fourth-order valence-electron chi connectivity index (χ4n) is 3.10. The standard InChI is InChI=1S/C13H24N2O/c1-16-12(11-7-3-2-4-8-11)13(14)15-9-5-6-10-15/h11-12,14H,2-10H2,1H3. The van der Waals surface area contributed by atoms with Gasteiger partial charge in [0.1, 0.15) is 11.9 Å². The number of likely N-dealkylation sites (tertiary alicyclic amines) is 1. The molecule has 0 amide bonds. The van der Waals surface area contributed by atoms with Crippen LogP contribution in [0.4, 0.5) is 0 Å². The molecular weight excluding hydrogens is 200 g/mol. The molecule has 0 aromatic heterocycles. The van der Waals surface area contributed by atoms with E-state index in [1.54, 1.807) is 7.11 Å². The lowest BCUT2D eigenvalue weighted by Crippen LogP contribution is -2.42. The van der Waals surface area contributed by atoms with E-state index >= 15 is 0 Å². The van der Waals surface area contributed by atoms with Gasteiger partial charge < -0.3 is 9.64 Å². The maximum atomic E-state index is 8.28. The van der Waals surface area contributed by atoms with Gasteiger partial charge in [-0.15, -0.1) is 0 Å². The van der Waals surface area contributed by atoms with E-state index in [1.165, 1.54) is 44.9 Å². The molecule has 0 bridgehead atoms. The third-order valence-electron chi connectivity index (χ3n) is 4.05. The van der Waals surface area contributed by atoms with Crippen molar-refractivity contribution < 1.29 is 4.74 Å². The second kappa shape index (κ2) is 5.67. The Morgan fingerprint density at radius 2 is 1.75 bits per heavy atom. The largest absolute Gasteiger partial charge is 0.373 e. The molecule has 1 atom stereocenters. The monoisotopic (exact) mass is 224 g/mol. The van der Waals surface area contributed by atoms with Crippen LogP contribution in [0, 0.1) is 11.3 Å². The van der Waals surface area contributed by atoms with Gasteiger partial charge in [0.25, 0.3) is 0 Å². The van der Waals surface area contributed by atoms with Crippen LogP contribution in [0.1, 0.15) is 44.9 Å². The molecule has 1 unspecified atom stereocenters. The van der Waals surface area contributed by atoms with Crippen LogP contribution in [-0.4, -0.2) is 37.0 Å². The predicted molar refractivity (Wildman–Crippen MR) is 65.9 cm³/mol. The Kier molecular flexibility index (Phi) is 4.22. The van der Waals surface area contributed by atoms with Crippen molar-refractivity contribution in [2.24, 2.45) is 5.92 Å². The maximum absolute atomic E-state index is 8.28. The van der Waals surface area contributed by atoms with E-state index in [-0.39, 0.29) is 6.10 Å². The minimum absolute atomic E-state index is 0.0541. The molecule has 1 saturated heterocycles. The zero-order valence-corrected chi connectivity index (χ0v) is 10.4. The molecule has 16 heavy (non-hydrogen) atoms. The van der Waals surface area contributed by atoms with E-state index in [0.29, 0.717) is 5.92 Å². The molecule has 1 N–H and O–H groups in total. The van der Waals surface area contributed by atoms with Gasteiger partial charge in [0.05, 0.1) is 0 Å².